The molecule has 0 aliphatic heterocycles. The van der Waals surface area contributed by atoms with E-state index in [1.54, 1.807) is 19.1 Å². The zero-order valence-corrected chi connectivity index (χ0v) is 9.47. The van der Waals surface area contributed by atoms with Gasteiger partial charge < -0.3 is 10.1 Å². The molecule has 1 radical (unpaired) electrons. The largest absolute Gasteiger partial charge is 0.490 e. The third kappa shape index (κ3) is 3.88. The Morgan fingerprint density at radius 1 is 1.62 bits per heavy atom. The third-order valence-electron chi connectivity index (χ3n) is 2.03. The number of nitrogens with one attached hydrogen (secondary N) is 1. The third-order valence-corrected chi connectivity index (χ3v) is 2.03. The molecule has 3 nitrogen and oxygen atoms in total. The highest BCUT2D eigenvalue weighted by molar-refractivity contribution is 5.72. The standard InChI is InChI=1S/C12H15FNO2/c1-9-5-3-6-11(12(9)13)16-8-4-7-14-10(2)15/h3,6H,4,7-8H2,1-2H3,(H,14,15). The maximum Gasteiger partial charge on any atom is 0.216 e. The van der Waals surface area contributed by atoms with E-state index < -0.39 is 0 Å². The van der Waals surface area contributed by atoms with Gasteiger partial charge in [-0.1, -0.05) is 6.07 Å². The number of rotatable bonds is 5. The summed E-state index contributed by atoms with van der Waals surface area (Å²) in [5.41, 5.74) is 0.444. The van der Waals surface area contributed by atoms with Crippen LogP contribution in [0.1, 0.15) is 18.9 Å². The Kier molecular flexibility index (Phi) is 4.76. The van der Waals surface area contributed by atoms with Crippen LogP contribution in [0.5, 0.6) is 5.75 Å². The Morgan fingerprint density at radius 3 is 3.06 bits per heavy atom. The van der Waals surface area contributed by atoms with Gasteiger partial charge in [0.15, 0.2) is 11.6 Å². The summed E-state index contributed by atoms with van der Waals surface area (Å²) in [5, 5.41) is 2.64. The summed E-state index contributed by atoms with van der Waals surface area (Å²) >= 11 is 0. The van der Waals surface area contributed by atoms with Gasteiger partial charge in [0.1, 0.15) is 0 Å². The summed E-state index contributed by atoms with van der Waals surface area (Å²) in [6.07, 6.45) is 0.649. The molecule has 1 aromatic rings. The van der Waals surface area contributed by atoms with Crippen molar-refractivity contribution in [2.24, 2.45) is 0 Å². The fourth-order valence-corrected chi connectivity index (χ4v) is 1.19. The highest BCUT2D eigenvalue weighted by Gasteiger charge is 2.05. The minimum atomic E-state index is -0.373. The van der Waals surface area contributed by atoms with Gasteiger partial charge in [0, 0.05) is 13.5 Å². The van der Waals surface area contributed by atoms with Crippen molar-refractivity contribution in [3.63, 3.8) is 0 Å². The molecule has 0 heterocycles. The second-order valence-corrected chi connectivity index (χ2v) is 3.47. The Bertz CT molecular complexity index is 366. The zero-order chi connectivity index (χ0) is 12.0. The number of aryl methyl sites for hydroxylation is 1. The molecule has 1 N–H and O–H groups in total. The minimum Gasteiger partial charge on any atom is -0.490 e. The number of amides is 1. The van der Waals surface area contributed by atoms with Crippen LogP contribution in [0.2, 0.25) is 0 Å². The van der Waals surface area contributed by atoms with Gasteiger partial charge in [0.25, 0.3) is 0 Å². The molecular formula is C12H15FNO2. The van der Waals surface area contributed by atoms with E-state index in [-0.39, 0.29) is 17.5 Å². The molecule has 0 saturated carbocycles. The molecule has 0 bridgehead atoms. The quantitative estimate of drug-likeness (QED) is 0.775. The van der Waals surface area contributed by atoms with E-state index in [1.807, 2.05) is 0 Å². The second kappa shape index (κ2) is 6.10. The van der Waals surface area contributed by atoms with Gasteiger partial charge >= 0.3 is 0 Å². The fraction of sp³-hybridized carbons (Fsp3) is 0.417. The normalized spacial score (nSPS) is 9.94. The first kappa shape index (κ1) is 12.5. The van der Waals surface area contributed by atoms with Crippen LogP contribution in [-0.4, -0.2) is 19.1 Å². The topological polar surface area (TPSA) is 38.3 Å². The van der Waals surface area contributed by atoms with Crippen molar-refractivity contribution in [1.82, 2.24) is 5.32 Å². The number of halogens is 1. The summed E-state index contributed by atoms with van der Waals surface area (Å²) in [5.74, 6) is -0.211. The average Bonchev–Trinajstić information content (AvgIpc) is 2.23. The Morgan fingerprint density at radius 2 is 2.38 bits per heavy atom. The molecule has 4 heteroatoms. The van der Waals surface area contributed by atoms with Crippen LogP contribution >= 0.6 is 0 Å². The SMILES string of the molecule is CC(=O)NCCCOc1cc[c]c(C)c1F. The lowest BCUT2D eigenvalue weighted by molar-refractivity contribution is -0.118. The lowest BCUT2D eigenvalue weighted by Gasteiger charge is -2.08. The van der Waals surface area contributed by atoms with E-state index in [2.05, 4.69) is 11.4 Å². The van der Waals surface area contributed by atoms with Crippen LogP contribution in [0.15, 0.2) is 12.1 Å². The molecule has 0 fully saturated rings. The van der Waals surface area contributed by atoms with Gasteiger partial charge in [-0.25, -0.2) is 4.39 Å². The molecule has 1 aromatic carbocycles. The minimum absolute atomic E-state index is 0.0728. The van der Waals surface area contributed by atoms with Crippen LogP contribution in [0.3, 0.4) is 0 Å². The lowest BCUT2D eigenvalue weighted by atomic mass is 10.2. The first-order valence-electron chi connectivity index (χ1n) is 5.15. The molecule has 0 atom stereocenters. The molecule has 16 heavy (non-hydrogen) atoms. The van der Waals surface area contributed by atoms with E-state index in [0.717, 1.165) is 0 Å². The fourth-order valence-electron chi connectivity index (χ4n) is 1.19. The lowest BCUT2D eigenvalue weighted by Crippen LogP contribution is -2.22. The predicted molar refractivity (Wildman–Crippen MR) is 58.8 cm³/mol. The molecule has 0 aliphatic carbocycles. The highest BCUT2D eigenvalue weighted by Crippen LogP contribution is 2.19. The Labute approximate surface area is 94.6 Å². The second-order valence-electron chi connectivity index (χ2n) is 3.47. The number of carbonyl (C=O) groups is 1. The van der Waals surface area contributed by atoms with Gasteiger partial charge in [0.05, 0.1) is 6.61 Å². The summed E-state index contributed by atoms with van der Waals surface area (Å²) in [7, 11) is 0. The highest BCUT2D eigenvalue weighted by atomic mass is 19.1. The number of carbonyl (C=O) groups excluding carboxylic acids is 1. The van der Waals surface area contributed by atoms with Gasteiger partial charge in [-0.05, 0) is 31.0 Å². The molecule has 0 saturated heterocycles. The van der Waals surface area contributed by atoms with Crippen molar-refractivity contribution >= 4 is 5.91 Å². The van der Waals surface area contributed by atoms with Crippen molar-refractivity contribution < 1.29 is 13.9 Å². The molecule has 87 valence electrons. The van der Waals surface area contributed by atoms with Gasteiger partial charge in [0.2, 0.25) is 5.91 Å². The maximum absolute atomic E-state index is 13.4. The average molecular weight is 224 g/mol. The molecular weight excluding hydrogens is 209 g/mol. The summed E-state index contributed by atoms with van der Waals surface area (Å²) in [6.45, 7) is 4.01. The van der Waals surface area contributed by atoms with E-state index >= 15 is 0 Å². The van der Waals surface area contributed by atoms with Gasteiger partial charge in [-0.3, -0.25) is 4.79 Å². The molecule has 0 spiro atoms. The summed E-state index contributed by atoms with van der Waals surface area (Å²) < 4.78 is 18.7. The Hall–Kier alpha value is -1.58. The smallest absolute Gasteiger partial charge is 0.216 e. The van der Waals surface area contributed by atoms with E-state index in [1.165, 1.54) is 6.92 Å². The number of benzene rings is 1. The molecule has 0 aliphatic rings. The first-order valence-corrected chi connectivity index (χ1v) is 5.15. The van der Waals surface area contributed by atoms with E-state index in [4.69, 9.17) is 4.74 Å². The van der Waals surface area contributed by atoms with E-state index in [0.29, 0.717) is 25.1 Å². The van der Waals surface area contributed by atoms with Crippen LogP contribution < -0.4 is 10.1 Å². The Balaban J connectivity index is 2.32. The van der Waals surface area contributed by atoms with Crippen molar-refractivity contribution in [3.05, 3.63) is 29.6 Å². The summed E-state index contributed by atoms with van der Waals surface area (Å²) in [6, 6.07) is 5.91. The van der Waals surface area contributed by atoms with Crippen LogP contribution in [0.4, 0.5) is 4.39 Å². The van der Waals surface area contributed by atoms with Gasteiger partial charge in [-0.15, -0.1) is 0 Å². The van der Waals surface area contributed by atoms with Crippen LogP contribution in [0, 0.1) is 18.8 Å². The van der Waals surface area contributed by atoms with Crippen molar-refractivity contribution in [2.45, 2.75) is 20.3 Å². The summed E-state index contributed by atoms with van der Waals surface area (Å²) in [4.78, 5) is 10.6. The van der Waals surface area contributed by atoms with Crippen molar-refractivity contribution in [2.75, 3.05) is 13.2 Å². The van der Waals surface area contributed by atoms with Crippen molar-refractivity contribution in [1.29, 1.82) is 0 Å². The first-order chi connectivity index (χ1) is 7.61. The van der Waals surface area contributed by atoms with Crippen molar-refractivity contribution in [3.8, 4) is 5.75 Å². The monoisotopic (exact) mass is 224 g/mol. The number of hydrogen-bond donors (Lipinski definition) is 1. The maximum atomic E-state index is 13.4. The molecule has 0 aromatic heterocycles. The number of ether oxygens (including phenoxy) is 1. The van der Waals surface area contributed by atoms with Crippen LogP contribution in [0.25, 0.3) is 0 Å². The zero-order valence-electron chi connectivity index (χ0n) is 9.47. The molecule has 1 rings (SSSR count). The molecule has 1 amide bonds. The predicted octanol–water partition coefficient (Wildman–Crippen LogP) is 1.84. The van der Waals surface area contributed by atoms with Crippen LogP contribution in [-0.2, 0) is 4.79 Å². The van der Waals surface area contributed by atoms with Gasteiger partial charge in [-0.2, -0.15) is 0 Å². The molecule has 0 unspecified atom stereocenters. The number of hydrogen-bond acceptors (Lipinski definition) is 2. The van der Waals surface area contributed by atoms with E-state index in [9.17, 15) is 9.18 Å².